The van der Waals surface area contributed by atoms with Gasteiger partial charge in [-0.3, -0.25) is 4.79 Å². The van der Waals surface area contributed by atoms with Gasteiger partial charge in [0.05, 0.1) is 11.1 Å². The van der Waals surface area contributed by atoms with Crippen LogP contribution in [-0.2, 0) is 12.8 Å². The molecule has 6 nitrogen and oxygen atoms in total. The number of para-hydroxylation sites is 1. The van der Waals surface area contributed by atoms with Crippen molar-refractivity contribution >= 4 is 27.3 Å². The Morgan fingerprint density at radius 2 is 1.88 bits per heavy atom. The van der Waals surface area contributed by atoms with Gasteiger partial charge in [-0.2, -0.15) is 9.97 Å². The van der Waals surface area contributed by atoms with Crippen LogP contribution in [0.2, 0.25) is 0 Å². The highest BCUT2D eigenvalue weighted by molar-refractivity contribution is 7.19. The summed E-state index contributed by atoms with van der Waals surface area (Å²) in [6, 6.07) is 9.33. The molecule has 1 aromatic carbocycles. The van der Waals surface area contributed by atoms with Gasteiger partial charge in [-0.25, -0.2) is 13.8 Å². The average Bonchev–Trinajstić information content (AvgIpc) is 3.16. The summed E-state index contributed by atoms with van der Waals surface area (Å²) in [6.45, 7) is 1.67. The smallest absolute Gasteiger partial charge is 0.268 e. The Hall–Kier alpha value is -2.80. The minimum absolute atomic E-state index is 0.113. The summed E-state index contributed by atoms with van der Waals surface area (Å²) in [5.74, 6) is 0.679. The summed E-state index contributed by atoms with van der Waals surface area (Å²) in [7, 11) is 0. The van der Waals surface area contributed by atoms with Gasteiger partial charge in [-0.1, -0.05) is 18.2 Å². The minimum atomic E-state index is -0.392. The van der Waals surface area contributed by atoms with E-state index in [1.54, 1.807) is 6.92 Å². The van der Waals surface area contributed by atoms with Gasteiger partial charge >= 0.3 is 5.69 Å². The number of aromatic nitrogens is 4. The predicted octanol–water partition coefficient (Wildman–Crippen LogP) is 2.25. The van der Waals surface area contributed by atoms with Crippen LogP contribution < -0.4 is 11.2 Å². The fourth-order valence-electron chi connectivity index (χ4n) is 3.60. The zero-order valence-corrected chi connectivity index (χ0v) is 14.3. The SMILES string of the molecule is Cc1nc(=O)n2c3sc4c(c3c(=O)n(-c3ccccc3)c2n1)CCC4. The van der Waals surface area contributed by atoms with Gasteiger partial charge in [0.15, 0.2) is 0 Å². The Balaban J connectivity index is 2.10. The third-order valence-corrected chi connectivity index (χ3v) is 5.92. The molecule has 0 unspecified atom stereocenters. The van der Waals surface area contributed by atoms with Gasteiger partial charge < -0.3 is 0 Å². The van der Waals surface area contributed by atoms with Crippen molar-refractivity contribution < 1.29 is 0 Å². The van der Waals surface area contributed by atoms with E-state index in [0.717, 1.165) is 24.8 Å². The third-order valence-electron chi connectivity index (χ3n) is 4.65. The number of benzene rings is 1. The number of hydrogen-bond acceptors (Lipinski definition) is 5. The first kappa shape index (κ1) is 14.5. The molecule has 3 aromatic heterocycles. The van der Waals surface area contributed by atoms with Crippen molar-refractivity contribution in [3.63, 3.8) is 0 Å². The maximum absolute atomic E-state index is 13.4. The Labute approximate surface area is 146 Å². The molecule has 0 aliphatic heterocycles. The second-order valence-corrected chi connectivity index (χ2v) is 7.29. The van der Waals surface area contributed by atoms with Crippen LogP contribution in [0.3, 0.4) is 0 Å². The largest absolute Gasteiger partial charge is 0.357 e. The number of fused-ring (bicyclic) bond motifs is 5. The van der Waals surface area contributed by atoms with E-state index < -0.39 is 5.69 Å². The predicted molar refractivity (Wildman–Crippen MR) is 97.0 cm³/mol. The molecule has 5 rings (SSSR count). The normalized spacial score (nSPS) is 13.6. The van der Waals surface area contributed by atoms with Crippen LogP contribution >= 0.6 is 11.3 Å². The molecule has 0 spiro atoms. The van der Waals surface area contributed by atoms with Crippen molar-refractivity contribution in [2.45, 2.75) is 26.2 Å². The Morgan fingerprint density at radius 3 is 2.68 bits per heavy atom. The lowest BCUT2D eigenvalue weighted by Gasteiger charge is -2.11. The first-order valence-corrected chi connectivity index (χ1v) is 8.99. The van der Waals surface area contributed by atoms with Gasteiger partial charge in [-0.05, 0) is 43.9 Å². The molecule has 0 fully saturated rings. The lowest BCUT2D eigenvalue weighted by Crippen LogP contribution is -2.29. The number of nitrogens with zero attached hydrogens (tertiary/aromatic N) is 4. The molecule has 3 heterocycles. The highest BCUT2D eigenvalue weighted by Gasteiger charge is 2.25. The van der Waals surface area contributed by atoms with Crippen LogP contribution in [0.1, 0.15) is 22.7 Å². The maximum atomic E-state index is 13.4. The van der Waals surface area contributed by atoms with Gasteiger partial charge in [0.1, 0.15) is 10.7 Å². The highest BCUT2D eigenvalue weighted by atomic mass is 32.1. The molecular weight excluding hydrogens is 336 g/mol. The number of rotatable bonds is 1. The maximum Gasteiger partial charge on any atom is 0.357 e. The fourth-order valence-corrected chi connectivity index (χ4v) is 4.97. The second kappa shape index (κ2) is 5.10. The van der Waals surface area contributed by atoms with Crippen LogP contribution in [0.25, 0.3) is 21.7 Å². The van der Waals surface area contributed by atoms with Gasteiger partial charge in [0, 0.05) is 4.88 Å². The van der Waals surface area contributed by atoms with E-state index in [0.29, 0.717) is 27.5 Å². The van der Waals surface area contributed by atoms with E-state index >= 15 is 0 Å². The van der Waals surface area contributed by atoms with Crippen molar-refractivity contribution in [3.8, 4) is 5.69 Å². The van der Waals surface area contributed by atoms with E-state index in [4.69, 9.17) is 0 Å². The average molecular weight is 350 g/mol. The van der Waals surface area contributed by atoms with Crippen molar-refractivity contribution in [1.29, 1.82) is 0 Å². The number of hydrogen-bond donors (Lipinski definition) is 0. The molecule has 0 radical (unpaired) electrons. The highest BCUT2D eigenvalue weighted by Crippen LogP contribution is 2.35. The van der Waals surface area contributed by atoms with E-state index in [-0.39, 0.29) is 5.56 Å². The Kier molecular flexibility index (Phi) is 2.96. The van der Waals surface area contributed by atoms with Crippen LogP contribution in [0.15, 0.2) is 39.9 Å². The molecule has 1 aliphatic rings. The first-order valence-electron chi connectivity index (χ1n) is 8.17. The van der Waals surface area contributed by atoms with Gasteiger partial charge in [0.25, 0.3) is 5.56 Å². The molecule has 0 N–H and O–H groups in total. The van der Waals surface area contributed by atoms with E-state index in [9.17, 15) is 9.59 Å². The van der Waals surface area contributed by atoms with Crippen molar-refractivity contribution in [2.75, 3.05) is 0 Å². The third kappa shape index (κ3) is 1.96. The summed E-state index contributed by atoms with van der Waals surface area (Å²) in [5.41, 5.74) is 1.28. The molecular formula is C18H14N4O2S. The van der Waals surface area contributed by atoms with Crippen LogP contribution in [0.5, 0.6) is 0 Å². The van der Waals surface area contributed by atoms with E-state index in [1.165, 1.54) is 25.2 Å². The molecule has 1 aliphatic carbocycles. The lowest BCUT2D eigenvalue weighted by molar-refractivity contribution is 0.854. The number of thiophene rings is 1. The lowest BCUT2D eigenvalue weighted by atomic mass is 10.2. The second-order valence-electron chi connectivity index (χ2n) is 6.20. The molecule has 0 saturated heterocycles. The molecule has 124 valence electrons. The monoisotopic (exact) mass is 350 g/mol. The van der Waals surface area contributed by atoms with Crippen LogP contribution in [0, 0.1) is 6.92 Å². The van der Waals surface area contributed by atoms with Crippen LogP contribution in [0.4, 0.5) is 0 Å². The van der Waals surface area contributed by atoms with E-state index in [2.05, 4.69) is 9.97 Å². The van der Waals surface area contributed by atoms with Crippen LogP contribution in [-0.4, -0.2) is 18.9 Å². The molecule has 0 amide bonds. The van der Waals surface area contributed by atoms with E-state index in [1.807, 2.05) is 30.3 Å². The summed E-state index contributed by atoms with van der Waals surface area (Å²) < 4.78 is 3.02. The standard InChI is InChI=1S/C18H14N4O2S/c1-10-19-17-21(11-6-3-2-4-7-11)15(23)14-12-8-5-9-13(12)25-16(14)22(17)18(24)20-10/h2-4,6-7H,5,8-9H2,1H3. The summed E-state index contributed by atoms with van der Waals surface area (Å²) in [4.78, 5) is 36.3. The van der Waals surface area contributed by atoms with Crippen molar-refractivity contribution in [2.24, 2.45) is 0 Å². The first-order chi connectivity index (χ1) is 12.1. The quantitative estimate of drug-likeness (QED) is 0.528. The van der Waals surface area contributed by atoms with Crippen molar-refractivity contribution in [3.05, 3.63) is 67.4 Å². The molecule has 0 bridgehead atoms. The van der Waals surface area contributed by atoms with Gasteiger partial charge in [0.2, 0.25) is 5.78 Å². The summed E-state index contributed by atoms with van der Waals surface area (Å²) >= 11 is 1.52. The Bertz CT molecular complexity index is 1270. The van der Waals surface area contributed by atoms with Gasteiger partial charge in [-0.15, -0.1) is 11.3 Å². The summed E-state index contributed by atoms with van der Waals surface area (Å²) in [5, 5.41) is 0.642. The topological polar surface area (TPSA) is 69.3 Å². The summed E-state index contributed by atoms with van der Waals surface area (Å²) in [6.07, 6.45) is 2.90. The molecule has 7 heteroatoms. The molecule has 4 aromatic rings. The molecule has 25 heavy (non-hydrogen) atoms. The number of aryl methyl sites for hydroxylation is 3. The van der Waals surface area contributed by atoms with Crippen molar-refractivity contribution in [1.82, 2.24) is 18.9 Å². The molecule has 0 atom stereocenters. The minimum Gasteiger partial charge on any atom is -0.268 e. The molecule has 0 saturated carbocycles. The fraction of sp³-hybridized carbons (Fsp3) is 0.222. The zero-order chi connectivity index (χ0) is 17.1. The zero-order valence-electron chi connectivity index (χ0n) is 13.5. The Morgan fingerprint density at radius 1 is 1.08 bits per heavy atom.